The molecule has 1 atom stereocenters. The second-order valence-corrected chi connectivity index (χ2v) is 5.59. The van der Waals surface area contributed by atoms with E-state index in [0.29, 0.717) is 17.9 Å². The lowest BCUT2D eigenvalue weighted by atomic mass is 9.99. The molecule has 122 valence electrons. The summed E-state index contributed by atoms with van der Waals surface area (Å²) in [5, 5.41) is 15.5. The summed E-state index contributed by atoms with van der Waals surface area (Å²) in [7, 11) is 0. The number of carbonyl (C=O) groups excluding carboxylic acids is 1. The Kier molecular flexibility index (Phi) is 6.04. The SMILES string of the molecule is CCOc1ccc(CC(CNC(=O)c2cnns2)C(=O)O)cc1. The summed E-state index contributed by atoms with van der Waals surface area (Å²) < 4.78 is 8.95. The molecular weight excluding hydrogens is 318 g/mol. The molecule has 0 saturated heterocycles. The highest BCUT2D eigenvalue weighted by Gasteiger charge is 2.20. The Labute approximate surface area is 137 Å². The van der Waals surface area contributed by atoms with E-state index in [1.54, 1.807) is 12.1 Å². The predicted octanol–water partition coefficient (Wildman–Crippen LogP) is 1.61. The first-order chi connectivity index (χ1) is 11.1. The number of aliphatic carboxylic acids is 1. The number of nitrogens with one attached hydrogen (secondary N) is 1. The third-order valence-electron chi connectivity index (χ3n) is 3.16. The van der Waals surface area contributed by atoms with Crippen LogP contribution in [-0.4, -0.2) is 39.7 Å². The summed E-state index contributed by atoms with van der Waals surface area (Å²) in [6.45, 7) is 2.52. The average Bonchev–Trinajstić information content (AvgIpc) is 3.07. The van der Waals surface area contributed by atoms with Crippen LogP contribution in [-0.2, 0) is 11.2 Å². The molecule has 0 aliphatic rings. The van der Waals surface area contributed by atoms with Crippen molar-refractivity contribution in [3.8, 4) is 5.75 Å². The van der Waals surface area contributed by atoms with Crippen molar-refractivity contribution in [2.75, 3.05) is 13.2 Å². The molecule has 1 aromatic heterocycles. The van der Waals surface area contributed by atoms with Gasteiger partial charge < -0.3 is 15.2 Å². The van der Waals surface area contributed by atoms with Crippen LogP contribution in [0.25, 0.3) is 0 Å². The van der Waals surface area contributed by atoms with Crippen molar-refractivity contribution in [3.63, 3.8) is 0 Å². The number of ether oxygens (including phenoxy) is 1. The summed E-state index contributed by atoms with van der Waals surface area (Å²) in [4.78, 5) is 23.5. The lowest BCUT2D eigenvalue weighted by molar-refractivity contribution is -0.141. The van der Waals surface area contributed by atoms with Gasteiger partial charge in [-0.2, -0.15) is 0 Å². The minimum Gasteiger partial charge on any atom is -0.494 e. The molecule has 2 aromatic rings. The Morgan fingerprint density at radius 3 is 2.65 bits per heavy atom. The molecular formula is C15H17N3O4S. The number of nitrogens with zero attached hydrogens (tertiary/aromatic N) is 2. The maximum absolute atomic E-state index is 11.8. The van der Waals surface area contributed by atoms with Crippen LogP contribution < -0.4 is 10.1 Å². The molecule has 0 radical (unpaired) electrons. The third kappa shape index (κ3) is 5.03. The quantitative estimate of drug-likeness (QED) is 0.760. The van der Waals surface area contributed by atoms with Crippen molar-refractivity contribution in [1.82, 2.24) is 14.9 Å². The van der Waals surface area contributed by atoms with E-state index in [-0.39, 0.29) is 12.5 Å². The Balaban J connectivity index is 1.93. The molecule has 0 aliphatic carbocycles. The Hall–Kier alpha value is -2.48. The second kappa shape index (κ2) is 8.23. The van der Waals surface area contributed by atoms with Gasteiger partial charge in [0.2, 0.25) is 0 Å². The molecule has 0 saturated carbocycles. The molecule has 1 amide bonds. The molecule has 0 aliphatic heterocycles. The van der Waals surface area contributed by atoms with Crippen LogP contribution in [0.3, 0.4) is 0 Å². The van der Waals surface area contributed by atoms with Gasteiger partial charge in [0, 0.05) is 6.54 Å². The van der Waals surface area contributed by atoms with Crippen LogP contribution in [0.4, 0.5) is 0 Å². The highest BCUT2D eigenvalue weighted by molar-refractivity contribution is 7.07. The van der Waals surface area contributed by atoms with E-state index in [2.05, 4.69) is 14.9 Å². The summed E-state index contributed by atoms with van der Waals surface area (Å²) >= 11 is 0.967. The van der Waals surface area contributed by atoms with Crippen molar-refractivity contribution in [1.29, 1.82) is 0 Å². The second-order valence-electron chi connectivity index (χ2n) is 4.81. The normalized spacial score (nSPS) is 11.7. The summed E-state index contributed by atoms with van der Waals surface area (Å²) in [5.74, 6) is -1.29. The standard InChI is InChI=1S/C15H17N3O4S/c1-2-22-12-5-3-10(4-6-12)7-11(15(20)21)8-16-14(19)13-9-17-18-23-13/h3-6,9,11H,2,7-8H2,1H3,(H,16,19)(H,20,21). The summed E-state index contributed by atoms with van der Waals surface area (Å²) in [6, 6.07) is 7.27. The molecule has 1 aromatic carbocycles. The van der Waals surface area contributed by atoms with Crippen molar-refractivity contribution in [2.24, 2.45) is 5.92 Å². The Morgan fingerprint density at radius 1 is 1.35 bits per heavy atom. The van der Waals surface area contributed by atoms with Gasteiger partial charge in [-0.05, 0) is 42.6 Å². The van der Waals surface area contributed by atoms with Gasteiger partial charge >= 0.3 is 5.97 Å². The molecule has 23 heavy (non-hydrogen) atoms. The highest BCUT2D eigenvalue weighted by Crippen LogP contribution is 2.15. The largest absolute Gasteiger partial charge is 0.494 e. The summed E-state index contributed by atoms with van der Waals surface area (Å²) in [5.41, 5.74) is 0.870. The first-order valence-electron chi connectivity index (χ1n) is 7.10. The van der Waals surface area contributed by atoms with E-state index in [9.17, 15) is 14.7 Å². The number of benzene rings is 1. The van der Waals surface area contributed by atoms with Gasteiger partial charge in [0.05, 0.1) is 18.7 Å². The first-order valence-corrected chi connectivity index (χ1v) is 7.87. The van der Waals surface area contributed by atoms with Gasteiger partial charge in [-0.25, -0.2) is 0 Å². The number of amides is 1. The van der Waals surface area contributed by atoms with Crippen molar-refractivity contribution < 1.29 is 19.4 Å². The number of carboxylic acids is 1. The van der Waals surface area contributed by atoms with Gasteiger partial charge in [0.25, 0.3) is 5.91 Å². The monoisotopic (exact) mass is 335 g/mol. The molecule has 1 unspecified atom stereocenters. The summed E-state index contributed by atoms with van der Waals surface area (Å²) in [6.07, 6.45) is 1.67. The first kappa shape index (κ1) is 16.9. The van der Waals surface area contributed by atoms with Gasteiger partial charge in [-0.3, -0.25) is 9.59 Å². The number of hydrogen-bond donors (Lipinski definition) is 2. The fourth-order valence-electron chi connectivity index (χ4n) is 1.99. The lowest BCUT2D eigenvalue weighted by Gasteiger charge is -2.13. The number of carbonyl (C=O) groups is 2. The lowest BCUT2D eigenvalue weighted by Crippen LogP contribution is -2.33. The van der Waals surface area contributed by atoms with E-state index < -0.39 is 11.9 Å². The van der Waals surface area contributed by atoms with Crippen molar-refractivity contribution >= 4 is 23.4 Å². The highest BCUT2D eigenvalue weighted by atomic mass is 32.1. The van der Waals surface area contributed by atoms with Crippen molar-refractivity contribution in [2.45, 2.75) is 13.3 Å². The Morgan fingerprint density at radius 2 is 2.09 bits per heavy atom. The maximum atomic E-state index is 11.8. The average molecular weight is 335 g/mol. The topological polar surface area (TPSA) is 101 Å². The van der Waals surface area contributed by atoms with Crippen LogP contribution in [0, 0.1) is 5.92 Å². The van der Waals surface area contributed by atoms with E-state index in [0.717, 1.165) is 22.8 Å². The van der Waals surface area contributed by atoms with E-state index in [4.69, 9.17) is 4.74 Å². The minimum absolute atomic E-state index is 0.0410. The van der Waals surface area contributed by atoms with Crippen LogP contribution in [0.1, 0.15) is 22.2 Å². The zero-order valence-electron chi connectivity index (χ0n) is 12.6. The molecule has 0 bridgehead atoms. The molecule has 1 heterocycles. The number of rotatable bonds is 8. The zero-order chi connectivity index (χ0) is 16.7. The van der Waals surface area contributed by atoms with Crippen LogP contribution in [0.2, 0.25) is 0 Å². The van der Waals surface area contributed by atoms with Gasteiger partial charge in [-0.15, -0.1) is 5.10 Å². The maximum Gasteiger partial charge on any atom is 0.308 e. The molecule has 8 heteroatoms. The zero-order valence-corrected chi connectivity index (χ0v) is 13.4. The fourth-order valence-corrected chi connectivity index (χ4v) is 2.42. The number of hydrogen-bond acceptors (Lipinski definition) is 6. The van der Waals surface area contributed by atoms with E-state index >= 15 is 0 Å². The fraction of sp³-hybridized carbons (Fsp3) is 0.333. The van der Waals surface area contributed by atoms with Crippen LogP contribution >= 0.6 is 11.5 Å². The van der Waals surface area contributed by atoms with E-state index in [1.165, 1.54) is 6.20 Å². The molecule has 7 nitrogen and oxygen atoms in total. The smallest absolute Gasteiger partial charge is 0.308 e. The van der Waals surface area contributed by atoms with Gasteiger partial charge in [0.15, 0.2) is 0 Å². The Bertz CT molecular complexity index is 643. The number of aromatic nitrogens is 2. The molecule has 2 rings (SSSR count). The van der Waals surface area contributed by atoms with Gasteiger partial charge in [-0.1, -0.05) is 16.6 Å². The van der Waals surface area contributed by atoms with Crippen LogP contribution in [0.5, 0.6) is 5.75 Å². The van der Waals surface area contributed by atoms with Crippen LogP contribution in [0.15, 0.2) is 30.5 Å². The molecule has 0 spiro atoms. The van der Waals surface area contributed by atoms with Gasteiger partial charge in [0.1, 0.15) is 10.6 Å². The minimum atomic E-state index is -0.957. The van der Waals surface area contributed by atoms with Crippen molar-refractivity contribution in [3.05, 3.63) is 40.9 Å². The van der Waals surface area contributed by atoms with E-state index in [1.807, 2.05) is 19.1 Å². The predicted molar refractivity (Wildman–Crippen MR) is 84.7 cm³/mol. The third-order valence-corrected chi connectivity index (χ3v) is 3.82. The molecule has 0 fully saturated rings. The molecule has 2 N–H and O–H groups in total. The number of carboxylic acid groups (broad SMARTS) is 1.